The molecule has 18 heavy (non-hydrogen) atoms. The van der Waals surface area contributed by atoms with Gasteiger partial charge in [-0.3, -0.25) is 10.1 Å². The molecule has 3 unspecified atom stereocenters. The molecule has 8 heteroatoms. The molecule has 100 valence electrons. The Morgan fingerprint density at radius 1 is 1.50 bits per heavy atom. The van der Waals surface area contributed by atoms with Gasteiger partial charge >= 0.3 is 5.69 Å². The molecule has 3 atom stereocenters. The molecule has 7 nitrogen and oxygen atoms in total. The minimum atomic E-state index is -0.901. The van der Waals surface area contributed by atoms with Crippen LogP contribution in [0.5, 0.6) is 0 Å². The normalized spacial score (nSPS) is 25.4. The Morgan fingerprint density at radius 2 is 2.06 bits per heavy atom. The van der Waals surface area contributed by atoms with Gasteiger partial charge in [-0.1, -0.05) is 0 Å². The molecule has 0 aliphatic carbocycles. The first-order valence-corrected chi connectivity index (χ1v) is 6.29. The molecule has 0 spiro atoms. The van der Waals surface area contributed by atoms with Crippen LogP contribution in [0.2, 0.25) is 0 Å². The molecule has 1 aromatic heterocycles. The summed E-state index contributed by atoms with van der Waals surface area (Å²) in [6, 6.07) is 1.34. The largest absolute Gasteiger partial charge is 0.389 e. The van der Waals surface area contributed by atoms with Crippen LogP contribution in [0.25, 0.3) is 0 Å². The van der Waals surface area contributed by atoms with E-state index in [9.17, 15) is 25.4 Å². The Hall–Kier alpha value is -1.22. The second-order valence-corrected chi connectivity index (χ2v) is 5.37. The van der Waals surface area contributed by atoms with Gasteiger partial charge in [-0.05, 0) is 6.92 Å². The molecule has 0 aromatic carbocycles. The quantitative estimate of drug-likeness (QED) is 0.539. The monoisotopic (exact) mass is 274 g/mol. The smallest absolute Gasteiger partial charge is 0.304 e. The van der Waals surface area contributed by atoms with Gasteiger partial charge in [-0.15, -0.1) is 11.3 Å². The topological polar surface area (TPSA) is 107 Å². The lowest BCUT2D eigenvalue weighted by atomic mass is 10.3. The maximum Gasteiger partial charge on any atom is 0.304 e. The van der Waals surface area contributed by atoms with Crippen molar-refractivity contribution < 1.29 is 20.2 Å². The Bertz CT molecular complexity index is 451. The van der Waals surface area contributed by atoms with Crippen molar-refractivity contribution in [2.45, 2.75) is 25.2 Å². The standard InChI is InChI=1S/C10H14N2O5S/c1-5(13)9-2-6(12(16)17)10(18-9)11-3-7(14)8(15)4-11/h2,5,7-8,13-15H,3-4H2,1H3. The van der Waals surface area contributed by atoms with Crippen LogP contribution >= 0.6 is 11.3 Å². The highest BCUT2D eigenvalue weighted by molar-refractivity contribution is 7.16. The Balaban J connectivity index is 2.34. The average molecular weight is 274 g/mol. The Morgan fingerprint density at radius 3 is 2.50 bits per heavy atom. The molecule has 0 bridgehead atoms. The van der Waals surface area contributed by atoms with Crippen molar-refractivity contribution >= 4 is 22.0 Å². The number of nitrogens with zero attached hydrogens (tertiary/aromatic N) is 2. The van der Waals surface area contributed by atoms with Gasteiger partial charge in [0.1, 0.15) is 0 Å². The lowest BCUT2D eigenvalue weighted by Gasteiger charge is -2.14. The highest BCUT2D eigenvalue weighted by Crippen LogP contribution is 2.41. The van der Waals surface area contributed by atoms with Gasteiger partial charge in [0, 0.05) is 24.0 Å². The first-order valence-electron chi connectivity index (χ1n) is 5.47. The summed E-state index contributed by atoms with van der Waals surface area (Å²) < 4.78 is 0. The third-order valence-corrected chi connectivity index (χ3v) is 4.22. The highest BCUT2D eigenvalue weighted by atomic mass is 32.1. The van der Waals surface area contributed by atoms with Crippen LogP contribution in [-0.2, 0) is 0 Å². The van der Waals surface area contributed by atoms with Gasteiger partial charge in [0.2, 0.25) is 0 Å². The summed E-state index contributed by atoms with van der Waals surface area (Å²) in [5, 5.41) is 39.7. The fraction of sp³-hybridized carbons (Fsp3) is 0.600. The van der Waals surface area contributed by atoms with E-state index in [0.29, 0.717) is 9.88 Å². The highest BCUT2D eigenvalue weighted by Gasteiger charge is 2.35. The summed E-state index contributed by atoms with van der Waals surface area (Å²) in [4.78, 5) is 12.5. The molecule has 0 saturated carbocycles. The molecule has 1 aliphatic heterocycles. The summed E-state index contributed by atoms with van der Waals surface area (Å²) in [5.41, 5.74) is -0.0998. The Kier molecular flexibility index (Phi) is 3.53. The van der Waals surface area contributed by atoms with Crippen LogP contribution in [-0.4, -0.2) is 45.5 Å². The van der Waals surface area contributed by atoms with Crippen molar-refractivity contribution in [2.24, 2.45) is 0 Å². The van der Waals surface area contributed by atoms with Crippen molar-refractivity contribution in [3.8, 4) is 0 Å². The van der Waals surface area contributed by atoms with E-state index in [1.165, 1.54) is 13.0 Å². The van der Waals surface area contributed by atoms with E-state index in [0.717, 1.165) is 11.3 Å². The van der Waals surface area contributed by atoms with E-state index in [-0.39, 0.29) is 18.8 Å². The van der Waals surface area contributed by atoms with Gasteiger partial charge < -0.3 is 20.2 Å². The van der Waals surface area contributed by atoms with Crippen molar-refractivity contribution in [3.63, 3.8) is 0 Å². The average Bonchev–Trinajstić information content (AvgIpc) is 2.83. The van der Waals surface area contributed by atoms with Crippen molar-refractivity contribution in [2.75, 3.05) is 18.0 Å². The van der Waals surface area contributed by atoms with Crippen LogP contribution in [0.1, 0.15) is 17.9 Å². The third-order valence-electron chi connectivity index (χ3n) is 2.87. The fourth-order valence-electron chi connectivity index (χ4n) is 1.89. The maximum atomic E-state index is 11.0. The van der Waals surface area contributed by atoms with Crippen molar-refractivity contribution in [3.05, 3.63) is 21.1 Å². The second-order valence-electron chi connectivity index (χ2n) is 4.31. The summed E-state index contributed by atoms with van der Waals surface area (Å²) in [7, 11) is 0. The molecule has 2 rings (SSSR count). The Labute approximate surface area is 107 Å². The van der Waals surface area contributed by atoms with Crippen molar-refractivity contribution in [1.29, 1.82) is 0 Å². The summed E-state index contributed by atoms with van der Waals surface area (Å²) >= 11 is 1.11. The summed E-state index contributed by atoms with van der Waals surface area (Å²) in [6.45, 7) is 1.84. The second kappa shape index (κ2) is 4.81. The van der Waals surface area contributed by atoms with E-state index in [2.05, 4.69) is 0 Å². The molecule has 1 fully saturated rings. The summed E-state index contributed by atoms with van der Waals surface area (Å²) in [5.74, 6) is 0. The number of thiophene rings is 1. The summed E-state index contributed by atoms with van der Waals surface area (Å²) in [6.07, 6.45) is -2.58. The maximum absolute atomic E-state index is 11.0. The molecular formula is C10H14N2O5S. The lowest BCUT2D eigenvalue weighted by molar-refractivity contribution is -0.383. The van der Waals surface area contributed by atoms with Gasteiger partial charge in [0.15, 0.2) is 5.00 Å². The number of hydrogen-bond acceptors (Lipinski definition) is 7. The molecule has 1 saturated heterocycles. The van der Waals surface area contributed by atoms with Crippen molar-refractivity contribution in [1.82, 2.24) is 0 Å². The molecule has 2 heterocycles. The van der Waals surface area contributed by atoms with E-state index >= 15 is 0 Å². The van der Waals surface area contributed by atoms with Crippen LogP contribution in [0.4, 0.5) is 10.7 Å². The number of aliphatic hydroxyl groups is 3. The van der Waals surface area contributed by atoms with E-state index in [1.54, 1.807) is 4.90 Å². The SMILES string of the molecule is CC(O)c1cc([N+](=O)[O-])c(N2CC(O)C(O)C2)s1. The number of rotatable bonds is 3. The van der Waals surface area contributed by atoms with E-state index in [4.69, 9.17) is 0 Å². The fourth-order valence-corrected chi connectivity index (χ4v) is 2.97. The van der Waals surface area contributed by atoms with Crippen LogP contribution in [0, 0.1) is 10.1 Å². The van der Waals surface area contributed by atoms with Gasteiger partial charge in [-0.2, -0.15) is 0 Å². The minimum Gasteiger partial charge on any atom is -0.389 e. The molecule has 3 N–H and O–H groups in total. The predicted octanol–water partition coefficient (Wildman–Crippen LogP) is 0.251. The molecule has 0 amide bonds. The lowest BCUT2D eigenvalue weighted by Crippen LogP contribution is -2.22. The van der Waals surface area contributed by atoms with Gasteiger partial charge in [0.25, 0.3) is 0 Å². The van der Waals surface area contributed by atoms with E-state index < -0.39 is 23.2 Å². The molecule has 1 aromatic rings. The van der Waals surface area contributed by atoms with Crippen LogP contribution in [0.15, 0.2) is 6.07 Å². The number of hydrogen-bond donors (Lipinski definition) is 3. The zero-order valence-electron chi connectivity index (χ0n) is 9.68. The zero-order valence-corrected chi connectivity index (χ0v) is 10.5. The molecule has 1 aliphatic rings. The number of aliphatic hydroxyl groups excluding tert-OH is 3. The molecule has 0 radical (unpaired) electrons. The first kappa shape index (κ1) is 13.2. The van der Waals surface area contributed by atoms with Gasteiger partial charge in [0.05, 0.1) is 23.2 Å². The third kappa shape index (κ3) is 2.32. The number of anilines is 1. The van der Waals surface area contributed by atoms with Crippen LogP contribution in [0.3, 0.4) is 0 Å². The van der Waals surface area contributed by atoms with E-state index in [1.807, 2.05) is 0 Å². The predicted molar refractivity (Wildman–Crippen MR) is 65.8 cm³/mol. The molecular weight excluding hydrogens is 260 g/mol. The zero-order chi connectivity index (χ0) is 13.4. The first-order chi connectivity index (χ1) is 8.40. The minimum absolute atomic E-state index is 0.0998. The van der Waals surface area contributed by atoms with Crippen LogP contribution < -0.4 is 4.90 Å². The number of β-amino-alcohol motifs (C(OH)–C–C–N with tert-alkyl or cyclic N) is 2. The number of nitro groups is 1. The van der Waals surface area contributed by atoms with Gasteiger partial charge in [-0.25, -0.2) is 0 Å².